The van der Waals surface area contributed by atoms with Crippen LogP contribution in [-0.4, -0.2) is 74.3 Å². The normalized spacial score (nSPS) is 20.3. The van der Waals surface area contributed by atoms with Gasteiger partial charge >= 0.3 is 6.18 Å². The van der Waals surface area contributed by atoms with Crippen LogP contribution in [0.3, 0.4) is 0 Å². The van der Waals surface area contributed by atoms with Crippen molar-refractivity contribution in [3.05, 3.63) is 40.5 Å². The molecule has 6 rings (SSSR count). The molecule has 3 aromatic rings. The van der Waals surface area contributed by atoms with Gasteiger partial charge < -0.3 is 15.1 Å². The minimum Gasteiger partial charge on any atom is -0.359 e. The molecule has 2 aliphatic heterocycles. The lowest BCUT2D eigenvalue weighted by molar-refractivity contribution is -0.183. The van der Waals surface area contributed by atoms with E-state index in [1.807, 2.05) is 0 Å². The second kappa shape index (κ2) is 9.17. The second-order valence-corrected chi connectivity index (χ2v) is 11.0. The number of fused-ring (bicyclic) bond motifs is 1. The van der Waals surface area contributed by atoms with E-state index in [4.69, 9.17) is 0 Å². The van der Waals surface area contributed by atoms with Crippen molar-refractivity contribution in [1.82, 2.24) is 24.6 Å². The maximum atomic E-state index is 14.9. The van der Waals surface area contributed by atoms with Crippen LogP contribution in [0.15, 0.2) is 18.3 Å². The monoisotopic (exact) mass is 554 g/mol. The molecule has 1 saturated carbocycles. The first-order chi connectivity index (χ1) is 18.1. The van der Waals surface area contributed by atoms with Crippen molar-refractivity contribution in [2.24, 2.45) is 0 Å². The maximum absolute atomic E-state index is 14.9. The van der Waals surface area contributed by atoms with E-state index in [2.05, 4.69) is 15.4 Å². The Balaban J connectivity index is 1.21. The highest BCUT2D eigenvalue weighted by Gasteiger charge is 2.47. The van der Waals surface area contributed by atoms with Gasteiger partial charge in [0.2, 0.25) is 5.91 Å². The molecule has 14 heteroatoms. The number of rotatable bonds is 6. The van der Waals surface area contributed by atoms with E-state index in [1.54, 1.807) is 4.90 Å². The third-order valence-electron chi connectivity index (χ3n) is 7.21. The smallest absolute Gasteiger partial charge is 0.359 e. The van der Waals surface area contributed by atoms with Crippen molar-refractivity contribution in [1.29, 1.82) is 0 Å². The Hall–Kier alpha value is -3.29. The number of carbonyl (C=O) groups is 2. The number of carbonyl (C=O) groups excluding carboxylic acids is 2. The molecule has 0 bridgehead atoms. The Morgan fingerprint density at radius 1 is 1.13 bits per heavy atom. The first-order valence-electron chi connectivity index (χ1n) is 12.3. The fourth-order valence-corrected chi connectivity index (χ4v) is 5.96. The van der Waals surface area contributed by atoms with E-state index < -0.39 is 36.3 Å². The first-order valence-corrected chi connectivity index (χ1v) is 13.1. The molecule has 4 heterocycles. The number of likely N-dealkylation sites (tertiary alicyclic amines) is 2. The molecule has 2 amide bonds. The molecule has 3 fully saturated rings. The number of halogens is 5. The fourth-order valence-electron chi connectivity index (χ4n) is 5.10. The van der Waals surface area contributed by atoms with Crippen LogP contribution in [-0.2, 0) is 11.3 Å². The zero-order valence-electron chi connectivity index (χ0n) is 20.0. The fraction of sp³-hybridized carbons (Fsp3) is 0.500. The van der Waals surface area contributed by atoms with E-state index in [0.29, 0.717) is 22.1 Å². The van der Waals surface area contributed by atoms with Crippen LogP contribution in [0, 0.1) is 11.6 Å². The van der Waals surface area contributed by atoms with Gasteiger partial charge in [0, 0.05) is 43.7 Å². The summed E-state index contributed by atoms with van der Waals surface area (Å²) in [5, 5.41) is 8.26. The average Bonchev–Trinajstić information content (AvgIpc) is 3.20. The number of benzene rings is 1. The quantitative estimate of drug-likeness (QED) is 0.464. The number of alkyl halides is 3. The topological polar surface area (TPSA) is 83.4 Å². The molecule has 0 radical (unpaired) electrons. The van der Waals surface area contributed by atoms with Gasteiger partial charge in [0.1, 0.15) is 29.1 Å². The van der Waals surface area contributed by atoms with Crippen LogP contribution in [0.5, 0.6) is 0 Å². The minimum absolute atomic E-state index is 0.00111. The molecule has 38 heavy (non-hydrogen) atoms. The molecule has 1 aromatic carbocycles. The first kappa shape index (κ1) is 25.0. The second-order valence-electron chi connectivity index (χ2n) is 9.97. The van der Waals surface area contributed by atoms with Crippen LogP contribution in [0.2, 0.25) is 0 Å². The number of nitrogens with zero attached hydrogens (tertiary/aromatic N) is 5. The molecule has 3 aliphatic rings. The van der Waals surface area contributed by atoms with Gasteiger partial charge in [-0.05, 0) is 25.7 Å². The summed E-state index contributed by atoms with van der Waals surface area (Å²) in [6, 6.07) is 0.230. The number of amides is 2. The summed E-state index contributed by atoms with van der Waals surface area (Å²) >= 11 is 1.26. The van der Waals surface area contributed by atoms with Crippen molar-refractivity contribution in [2.75, 3.05) is 25.0 Å². The minimum atomic E-state index is -4.56. The molecule has 0 unspecified atom stereocenters. The van der Waals surface area contributed by atoms with E-state index in [0.717, 1.165) is 28.5 Å². The molecule has 1 N–H and O–H groups in total. The Kier molecular flexibility index (Phi) is 6.04. The molecular weight excluding hydrogens is 531 g/mol. The number of nitrogens with one attached hydrogen (secondary N) is 1. The highest BCUT2D eigenvalue weighted by Crippen LogP contribution is 2.37. The van der Waals surface area contributed by atoms with Crippen LogP contribution in [0.1, 0.15) is 47.0 Å². The Bertz CT molecular complexity index is 1410. The zero-order valence-corrected chi connectivity index (χ0v) is 20.8. The van der Waals surface area contributed by atoms with Gasteiger partial charge in [0.15, 0.2) is 5.13 Å². The largest absolute Gasteiger partial charge is 0.408 e. The molecule has 202 valence electrons. The van der Waals surface area contributed by atoms with Gasteiger partial charge in [0.25, 0.3) is 5.91 Å². The number of hydrogen-bond donors (Lipinski definition) is 1. The van der Waals surface area contributed by atoms with E-state index in [9.17, 15) is 31.5 Å². The van der Waals surface area contributed by atoms with Crippen LogP contribution in [0.4, 0.5) is 27.1 Å². The maximum Gasteiger partial charge on any atom is 0.408 e. The summed E-state index contributed by atoms with van der Waals surface area (Å²) in [7, 11) is 0. The Labute approximate surface area is 217 Å². The van der Waals surface area contributed by atoms with Crippen molar-refractivity contribution in [2.45, 2.75) is 56.4 Å². The Morgan fingerprint density at radius 3 is 2.61 bits per heavy atom. The lowest BCUT2D eigenvalue weighted by atomic mass is 9.93. The summed E-state index contributed by atoms with van der Waals surface area (Å²) in [6.07, 6.45) is -0.873. The van der Waals surface area contributed by atoms with Gasteiger partial charge in [-0.15, -0.1) is 0 Å². The van der Waals surface area contributed by atoms with Gasteiger partial charge in [-0.25, -0.2) is 13.8 Å². The predicted molar refractivity (Wildman–Crippen MR) is 128 cm³/mol. The van der Waals surface area contributed by atoms with E-state index in [-0.39, 0.29) is 60.9 Å². The molecule has 2 aromatic heterocycles. The third kappa shape index (κ3) is 4.58. The van der Waals surface area contributed by atoms with Crippen molar-refractivity contribution in [3.63, 3.8) is 0 Å². The standard InChI is InChI=1S/C24H23F5N6O2S/c25-13-6-15(26)20-16(7-13)35(11-19(36)34-5-1-2-18(34)24(27,28)29)32-21(20)12-9-33(10-12)22(37)17-8-30-23(38-17)31-14-3-4-14/h6-8,12,14,18H,1-5,9-11H2,(H,30,31)/t18-/m0/s1. The Morgan fingerprint density at radius 2 is 1.89 bits per heavy atom. The molecule has 0 spiro atoms. The zero-order chi connectivity index (χ0) is 26.8. The number of aromatic nitrogens is 3. The molecule has 2 saturated heterocycles. The van der Waals surface area contributed by atoms with Gasteiger partial charge in [-0.1, -0.05) is 11.3 Å². The summed E-state index contributed by atoms with van der Waals surface area (Å²) in [4.78, 5) is 32.7. The summed E-state index contributed by atoms with van der Waals surface area (Å²) in [5.41, 5.74) is 0.222. The van der Waals surface area contributed by atoms with Crippen LogP contribution in [0.25, 0.3) is 10.9 Å². The molecule has 1 atom stereocenters. The van der Waals surface area contributed by atoms with Crippen LogP contribution < -0.4 is 5.32 Å². The predicted octanol–water partition coefficient (Wildman–Crippen LogP) is 4.14. The lowest BCUT2D eigenvalue weighted by Gasteiger charge is -2.38. The highest BCUT2D eigenvalue weighted by molar-refractivity contribution is 7.17. The van der Waals surface area contributed by atoms with Crippen molar-refractivity contribution >= 4 is 39.2 Å². The molecule has 1 aliphatic carbocycles. The molecule has 8 nitrogen and oxygen atoms in total. The van der Waals surface area contributed by atoms with Crippen molar-refractivity contribution < 1.29 is 31.5 Å². The lowest BCUT2D eigenvalue weighted by Crippen LogP contribution is -2.48. The third-order valence-corrected chi connectivity index (χ3v) is 8.13. The van der Waals surface area contributed by atoms with Crippen molar-refractivity contribution in [3.8, 4) is 0 Å². The number of hydrogen-bond acceptors (Lipinski definition) is 6. The SMILES string of the molecule is O=C(c1cnc(NC2CC2)s1)N1CC(c2nn(CC(=O)N3CCC[C@H]3C(F)(F)F)c3cc(F)cc(F)c23)C1. The number of thiazole rings is 1. The summed E-state index contributed by atoms with van der Waals surface area (Å²) in [5.74, 6) is -3.21. The average molecular weight is 555 g/mol. The molecular formula is C24H23F5N6O2S. The van der Waals surface area contributed by atoms with E-state index >= 15 is 0 Å². The number of anilines is 1. The summed E-state index contributed by atoms with van der Waals surface area (Å²) in [6.45, 7) is -0.186. The van der Waals surface area contributed by atoms with Gasteiger partial charge in [0.05, 0.1) is 22.8 Å². The van der Waals surface area contributed by atoms with E-state index in [1.165, 1.54) is 17.5 Å². The van der Waals surface area contributed by atoms with Crippen LogP contribution >= 0.6 is 11.3 Å². The highest BCUT2D eigenvalue weighted by atomic mass is 32.1. The van der Waals surface area contributed by atoms with Gasteiger partial charge in [-0.2, -0.15) is 18.3 Å². The summed E-state index contributed by atoms with van der Waals surface area (Å²) < 4.78 is 70.1. The van der Waals surface area contributed by atoms with Gasteiger partial charge in [-0.3, -0.25) is 14.3 Å².